The van der Waals surface area contributed by atoms with E-state index in [2.05, 4.69) is 4.98 Å². The SMILES string of the molecule is CC(C)CCN(O)C(=O)c1cc2ccccc2[nH]c1=O. The van der Waals surface area contributed by atoms with Gasteiger partial charge in [0.2, 0.25) is 0 Å². The van der Waals surface area contributed by atoms with Crippen molar-refractivity contribution < 1.29 is 10.0 Å². The molecule has 1 aromatic carbocycles. The van der Waals surface area contributed by atoms with E-state index in [1.54, 1.807) is 18.2 Å². The average molecular weight is 274 g/mol. The van der Waals surface area contributed by atoms with Gasteiger partial charge in [-0.1, -0.05) is 32.0 Å². The van der Waals surface area contributed by atoms with Crippen molar-refractivity contribution in [1.29, 1.82) is 0 Å². The van der Waals surface area contributed by atoms with Crippen LogP contribution in [-0.2, 0) is 0 Å². The van der Waals surface area contributed by atoms with E-state index in [9.17, 15) is 14.8 Å². The average Bonchev–Trinajstić information content (AvgIpc) is 2.43. The van der Waals surface area contributed by atoms with Crippen LogP contribution in [0.3, 0.4) is 0 Å². The van der Waals surface area contributed by atoms with Crippen molar-refractivity contribution in [3.63, 3.8) is 0 Å². The first-order valence-electron chi connectivity index (χ1n) is 6.62. The quantitative estimate of drug-likeness (QED) is 0.664. The molecule has 2 rings (SSSR count). The minimum Gasteiger partial charge on any atom is -0.321 e. The largest absolute Gasteiger partial charge is 0.321 e. The minimum absolute atomic E-state index is 0.0463. The first kappa shape index (κ1) is 14.3. The molecular weight excluding hydrogens is 256 g/mol. The number of carbonyl (C=O) groups is 1. The molecule has 106 valence electrons. The van der Waals surface area contributed by atoms with E-state index in [4.69, 9.17) is 0 Å². The summed E-state index contributed by atoms with van der Waals surface area (Å²) in [6, 6.07) is 8.71. The number of H-pyrrole nitrogens is 1. The van der Waals surface area contributed by atoms with E-state index < -0.39 is 11.5 Å². The molecule has 1 aromatic heterocycles. The van der Waals surface area contributed by atoms with Gasteiger partial charge in [0, 0.05) is 12.1 Å². The summed E-state index contributed by atoms with van der Waals surface area (Å²) in [6.45, 7) is 4.21. The summed E-state index contributed by atoms with van der Waals surface area (Å²) in [5.74, 6) is -0.301. The van der Waals surface area contributed by atoms with Crippen molar-refractivity contribution in [3.05, 3.63) is 46.2 Å². The highest BCUT2D eigenvalue weighted by molar-refractivity contribution is 5.96. The molecule has 0 aliphatic carbocycles. The zero-order valence-corrected chi connectivity index (χ0v) is 11.6. The number of rotatable bonds is 4. The lowest BCUT2D eigenvalue weighted by Crippen LogP contribution is -2.33. The van der Waals surface area contributed by atoms with E-state index in [1.807, 2.05) is 19.9 Å². The summed E-state index contributed by atoms with van der Waals surface area (Å²) in [4.78, 5) is 26.6. The van der Waals surface area contributed by atoms with E-state index in [-0.39, 0.29) is 12.1 Å². The standard InChI is InChI=1S/C15H18N2O3/c1-10(2)7-8-17(20)15(19)12-9-11-5-3-4-6-13(11)16-14(12)18/h3-6,9-10,20H,7-8H2,1-2H3,(H,16,18). The van der Waals surface area contributed by atoms with Crippen molar-refractivity contribution in [1.82, 2.24) is 10.0 Å². The molecule has 1 amide bonds. The maximum Gasteiger partial charge on any atom is 0.282 e. The van der Waals surface area contributed by atoms with Gasteiger partial charge in [0.25, 0.3) is 11.5 Å². The maximum atomic E-state index is 12.1. The van der Waals surface area contributed by atoms with Gasteiger partial charge in [-0.3, -0.25) is 14.8 Å². The summed E-state index contributed by atoms with van der Waals surface area (Å²) in [5, 5.41) is 11.1. The Morgan fingerprint density at radius 3 is 2.75 bits per heavy atom. The summed E-state index contributed by atoms with van der Waals surface area (Å²) in [7, 11) is 0. The Balaban J connectivity index is 2.30. The molecule has 0 unspecified atom stereocenters. The molecule has 0 radical (unpaired) electrons. The summed E-state index contributed by atoms with van der Waals surface area (Å²) >= 11 is 0. The lowest BCUT2D eigenvalue weighted by Gasteiger charge is -2.15. The van der Waals surface area contributed by atoms with Crippen molar-refractivity contribution in [2.24, 2.45) is 5.92 Å². The number of carbonyl (C=O) groups excluding carboxylic acids is 1. The number of nitrogens with one attached hydrogen (secondary N) is 1. The third-order valence-electron chi connectivity index (χ3n) is 3.14. The zero-order valence-electron chi connectivity index (χ0n) is 11.6. The molecule has 2 aromatic rings. The normalized spacial score (nSPS) is 11.0. The van der Waals surface area contributed by atoms with Crippen molar-refractivity contribution in [2.75, 3.05) is 6.54 Å². The van der Waals surface area contributed by atoms with E-state index in [1.165, 1.54) is 6.07 Å². The molecule has 0 bridgehead atoms. The van der Waals surface area contributed by atoms with Crippen LogP contribution in [0.25, 0.3) is 10.9 Å². The number of hydrogen-bond acceptors (Lipinski definition) is 3. The molecular formula is C15H18N2O3. The molecule has 5 nitrogen and oxygen atoms in total. The Bertz CT molecular complexity index is 676. The molecule has 0 fully saturated rings. The lowest BCUT2D eigenvalue weighted by atomic mass is 10.1. The zero-order chi connectivity index (χ0) is 14.7. The number of fused-ring (bicyclic) bond motifs is 1. The van der Waals surface area contributed by atoms with Gasteiger partial charge in [0.15, 0.2) is 0 Å². The second-order valence-corrected chi connectivity index (χ2v) is 5.21. The molecule has 0 spiro atoms. The van der Waals surface area contributed by atoms with Crippen molar-refractivity contribution >= 4 is 16.8 Å². The van der Waals surface area contributed by atoms with E-state index in [0.717, 1.165) is 5.39 Å². The number of aromatic nitrogens is 1. The van der Waals surface area contributed by atoms with E-state index in [0.29, 0.717) is 22.9 Å². The van der Waals surface area contributed by atoms with Gasteiger partial charge >= 0.3 is 0 Å². The number of para-hydroxylation sites is 1. The summed E-state index contributed by atoms with van der Waals surface area (Å²) < 4.78 is 0. The number of hydroxylamine groups is 2. The van der Waals surface area contributed by atoms with Crippen LogP contribution < -0.4 is 5.56 Å². The highest BCUT2D eigenvalue weighted by Gasteiger charge is 2.18. The van der Waals surface area contributed by atoms with Crippen LogP contribution in [0.1, 0.15) is 30.6 Å². The Labute approximate surface area is 116 Å². The highest BCUT2D eigenvalue weighted by Crippen LogP contribution is 2.11. The Morgan fingerprint density at radius 2 is 2.05 bits per heavy atom. The molecule has 0 aliphatic heterocycles. The maximum absolute atomic E-state index is 12.1. The number of pyridine rings is 1. The first-order valence-corrected chi connectivity index (χ1v) is 6.62. The van der Waals surface area contributed by atoms with Gasteiger partial charge < -0.3 is 4.98 Å². The van der Waals surface area contributed by atoms with Crippen LogP contribution >= 0.6 is 0 Å². The van der Waals surface area contributed by atoms with Gasteiger partial charge in [0.1, 0.15) is 5.56 Å². The van der Waals surface area contributed by atoms with E-state index >= 15 is 0 Å². The Kier molecular flexibility index (Phi) is 4.20. The molecule has 20 heavy (non-hydrogen) atoms. The molecule has 1 heterocycles. The molecule has 0 saturated carbocycles. The smallest absolute Gasteiger partial charge is 0.282 e. The first-order chi connectivity index (χ1) is 9.49. The second-order valence-electron chi connectivity index (χ2n) is 5.21. The van der Waals surface area contributed by atoms with Crippen LogP contribution in [-0.4, -0.2) is 27.7 Å². The lowest BCUT2D eigenvalue weighted by molar-refractivity contribution is -0.0603. The van der Waals surface area contributed by atoms with Gasteiger partial charge in [0.05, 0.1) is 0 Å². The molecule has 0 aliphatic rings. The highest BCUT2D eigenvalue weighted by atomic mass is 16.5. The summed E-state index contributed by atoms with van der Waals surface area (Å²) in [6.07, 6.45) is 0.674. The van der Waals surface area contributed by atoms with Gasteiger partial charge in [-0.15, -0.1) is 0 Å². The fourth-order valence-electron chi connectivity index (χ4n) is 1.93. The third kappa shape index (κ3) is 3.05. The van der Waals surface area contributed by atoms with Crippen molar-refractivity contribution in [3.8, 4) is 0 Å². The van der Waals surface area contributed by atoms with Gasteiger partial charge in [-0.2, -0.15) is 0 Å². The number of benzene rings is 1. The van der Waals surface area contributed by atoms with Gasteiger partial charge in [-0.05, 0) is 29.9 Å². The number of amides is 1. The minimum atomic E-state index is -0.669. The number of hydrogen-bond donors (Lipinski definition) is 2. The third-order valence-corrected chi connectivity index (χ3v) is 3.14. The topological polar surface area (TPSA) is 73.4 Å². The molecule has 2 N–H and O–H groups in total. The predicted molar refractivity (Wildman–Crippen MR) is 76.8 cm³/mol. The second kappa shape index (κ2) is 5.88. The molecule has 0 saturated heterocycles. The molecule has 0 atom stereocenters. The van der Waals surface area contributed by atoms with Crippen LogP contribution in [0.15, 0.2) is 35.1 Å². The van der Waals surface area contributed by atoms with Crippen LogP contribution in [0, 0.1) is 5.92 Å². The van der Waals surface area contributed by atoms with Crippen LogP contribution in [0.4, 0.5) is 0 Å². The monoisotopic (exact) mass is 274 g/mol. The Morgan fingerprint density at radius 1 is 1.35 bits per heavy atom. The number of aromatic amines is 1. The fourth-order valence-corrected chi connectivity index (χ4v) is 1.93. The Hall–Kier alpha value is -2.14. The predicted octanol–water partition coefficient (Wildman–Crippen LogP) is 2.41. The van der Waals surface area contributed by atoms with Crippen LogP contribution in [0.5, 0.6) is 0 Å². The summed E-state index contributed by atoms with van der Waals surface area (Å²) in [5.41, 5.74) is 0.132. The number of nitrogens with zero attached hydrogens (tertiary/aromatic N) is 1. The molecule has 5 heteroatoms. The fraction of sp³-hybridized carbons (Fsp3) is 0.333. The van der Waals surface area contributed by atoms with Crippen molar-refractivity contribution in [2.45, 2.75) is 20.3 Å². The van der Waals surface area contributed by atoms with Gasteiger partial charge in [-0.25, -0.2) is 5.06 Å². The van der Waals surface area contributed by atoms with Crippen LogP contribution in [0.2, 0.25) is 0 Å².